The SMILES string of the molecule is C=C[C@H]1CN2CC[C@@H]1C[C@@H]2CNC(=S)Nc1ccc(N(C)C)cc1. The zero-order valence-corrected chi connectivity index (χ0v) is 15.5. The number of anilines is 2. The van der Waals surface area contributed by atoms with Gasteiger partial charge in [0.05, 0.1) is 0 Å². The minimum Gasteiger partial charge on any atom is -0.378 e. The van der Waals surface area contributed by atoms with Crippen LogP contribution in [0.1, 0.15) is 12.8 Å². The molecule has 1 aromatic carbocycles. The molecule has 3 aliphatic rings. The topological polar surface area (TPSA) is 30.5 Å². The number of nitrogens with zero attached hydrogens (tertiary/aromatic N) is 2. The number of hydrogen-bond donors (Lipinski definition) is 2. The third kappa shape index (κ3) is 3.90. The first-order valence-corrected chi connectivity index (χ1v) is 9.16. The van der Waals surface area contributed by atoms with E-state index in [1.54, 1.807) is 0 Å². The van der Waals surface area contributed by atoms with Crippen molar-refractivity contribution in [3.05, 3.63) is 36.9 Å². The highest BCUT2D eigenvalue weighted by molar-refractivity contribution is 7.80. The first kappa shape index (κ1) is 17.2. The van der Waals surface area contributed by atoms with Gasteiger partial charge in [-0.1, -0.05) is 6.08 Å². The minimum atomic E-state index is 0.593. The van der Waals surface area contributed by atoms with Crippen molar-refractivity contribution in [1.82, 2.24) is 10.2 Å². The lowest BCUT2D eigenvalue weighted by Gasteiger charge is -2.49. The van der Waals surface area contributed by atoms with Gasteiger partial charge in [-0.2, -0.15) is 0 Å². The quantitative estimate of drug-likeness (QED) is 0.633. The molecule has 0 radical (unpaired) electrons. The maximum Gasteiger partial charge on any atom is 0.170 e. The summed E-state index contributed by atoms with van der Waals surface area (Å²) in [5.41, 5.74) is 2.21. The van der Waals surface area contributed by atoms with Crippen LogP contribution in [-0.4, -0.2) is 49.8 Å². The average molecular weight is 345 g/mol. The van der Waals surface area contributed by atoms with E-state index >= 15 is 0 Å². The Morgan fingerprint density at radius 3 is 2.71 bits per heavy atom. The van der Waals surface area contributed by atoms with E-state index in [1.165, 1.54) is 25.1 Å². The van der Waals surface area contributed by atoms with Crippen molar-refractivity contribution < 1.29 is 0 Å². The van der Waals surface area contributed by atoms with Gasteiger partial charge < -0.3 is 15.5 Å². The lowest BCUT2D eigenvalue weighted by molar-refractivity contribution is 0.0215. The Hall–Kier alpha value is -1.59. The highest BCUT2D eigenvalue weighted by Crippen LogP contribution is 2.36. The molecule has 4 atom stereocenters. The van der Waals surface area contributed by atoms with Crippen LogP contribution in [0.5, 0.6) is 0 Å². The fourth-order valence-corrected chi connectivity index (χ4v) is 4.09. The van der Waals surface area contributed by atoms with Gasteiger partial charge in [0.2, 0.25) is 0 Å². The second-order valence-electron chi connectivity index (χ2n) is 7.11. The normalized spacial score (nSPS) is 28.2. The van der Waals surface area contributed by atoms with Crippen molar-refractivity contribution in [2.75, 3.05) is 43.9 Å². The van der Waals surface area contributed by atoms with Gasteiger partial charge in [-0.25, -0.2) is 0 Å². The molecule has 130 valence electrons. The van der Waals surface area contributed by atoms with Crippen LogP contribution in [0, 0.1) is 11.8 Å². The summed E-state index contributed by atoms with van der Waals surface area (Å²) in [5.74, 6) is 1.48. The Balaban J connectivity index is 1.47. The number of thiocarbonyl (C=S) groups is 1. The summed E-state index contributed by atoms with van der Waals surface area (Å²) < 4.78 is 0. The van der Waals surface area contributed by atoms with Gasteiger partial charge in [0.25, 0.3) is 0 Å². The molecule has 5 heteroatoms. The molecular weight excluding hydrogens is 316 g/mol. The Labute approximate surface area is 150 Å². The molecule has 2 bridgehead atoms. The molecule has 2 N–H and O–H groups in total. The van der Waals surface area contributed by atoms with Crippen LogP contribution < -0.4 is 15.5 Å². The zero-order chi connectivity index (χ0) is 17.1. The van der Waals surface area contributed by atoms with Crippen LogP contribution >= 0.6 is 12.2 Å². The fraction of sp³-hybridized carbons (Fsp3) is 0.526. The van der Waals surface area contributed by atoms with Gasteiger partial charge in [-0.3, -0.25) is 4.90 Å². The van der Waals surface area contributed by atoms with Crippen molar-refractivity contribution in [3.8, 4) is 0 Å². The van der Waals surface area contributed by atoms with Gasteiger partial charge in [-0.15, -0.1) is 6.58 Å². The number of rotatable bonds is 5. The smallest absolute Gasteiger partial charge is 0.170 e. The van der Waals surface area contributed by atoms with E-state index in [9.17, 15) is 0 Å². The molecule has 0 aromatic heterocycles. The van der Waals surface area contributed by atoms with E-state index in [4.69, 9.17) is 12.2 Å². The third-order valence-corrected chi connectivity index (χ3v) is 5.62. The van der Waals surface area contributed by atoms with E-state index in [0.29, 0.717) is 17.1 Å². The van der Waals surface area contributed by atoms with Crippen LogP contribution in [0.2, 0.25) is 0 Å². The first-order chi connectivity index (χ1) is 11.6. The third-order valence-electron chi connectivity index (χ3n) is 5.37. The van der Waals surface area contributed by atoms with Crippen LogP contribution in [0.25, 0.3) is 0 Å². The Kier molecular flexibility index (Phi) is 5.41. The van der Waals surface area contributed by atoms with Gasteiger partial charge >= 0.3 is 0 Å². The summed E-state index contributed by atoms with van der Waals surface area (Å²) in [6.07, 6.45) is 4.71. The molecule has 3 aliphatic heterocycles. The van der Waals surface area contributed by atoms with E-state index in [0.717, 1.165) is 24.7 Å². The van der Waals surface area contributed by atoms with Gasteiger partial charge in [0.15, 0.2) is 5.11 Å². The summed E-state index contributed by atoms with van der Waals surface area (Å²) in [6, 6.07) is 8.89. The number of nitrogens with one attached hydrogen (secondary N) is 2. The molecule has 3 fully saturated rings. The Bertz CT molecular complexity index is 584. The Morgan fingerprint density at radius 1 is 1.38 bits per heavy atom. The second kappa shape index (κ2) is 7.53. The van der Waals surface area contributed by atoms with Crippen molar-refractivity contribution in [3.63, 3.8) is 0 Å². The first-order valence-electron chi connectivity index (χ1n) is 8.75. The molecule has 1 unspecified atom stereocenters. The van der Waals surface area contributed by atoms with Crippen LogP contribution in [0.15, 0.2) is 36.9 Å². The van der Waals surface area contributed by atoms with Gasteiger partial charge in [0.1, 0.15) is 0 Å². The van der Waals surface area contributed by atoms with E-state index in [-0.39, 0.29) is 0 Å². The van der Waals surface area contributed by atoms with Crippen molar-refractivity contribution in [1.29, 1.82) is 0 Å². The Morgan fingerprint density at radius 2 is 2.12 bits per heavy atom. The van der Waals surface area contributed by atoms with E-state index in [1.807, 2.05) is 14.1 Å². The maximum atomic E-state index is 5.45. The lowest BCUT2D eigenvalue weighted by atomic mass is 9.76. The van der Waals surface area contributed by atoms with Crippen LogP contribution in [0.3, 0.4) is 0 Å². The molecule has 3 heterocycles. The number of piperidine rings is 3. The predicted molar refractivity (Wildman–Crippen MR) is 107 cm³/mol. The number of fused-ring (bicyclic) bond motifs is 3. The average Bonchev–Trinajstić information content (AvgIpc) is 2.60. The fourth-order valence-electron chi connectivity index (χ4n) is 3.89. The van der Waals surface area contributed by atoms with Crippen LogP contribution in [-0.2, 0) is 0 Å². The minimum absolute atomic E-state index is 0.593. The molecule has 4 rings (SSSR count). The van der Waals surface area contributed by atoms with Crippen molar-refractivity contribution in [2.24, 2.45) is 11.8 Å². The zero-order valence-electron chi connectivity index (χ0n) is 14.7. The summed E-state index contributed by atoms with van der Waals surface area (Å²) >= 11 is 5.45. The molecule has 24 heavy (non-hydrogen) atoms. The molecule has 4 nitrogen and oxygen atoms in total. The molecule has 1 aromatic rings. The molecule has 0 aliphatic carbocycles. The lowest BCUT2D eigenvalue weighted by Crippen LogP contribution is -2.56. The summed E-state index contributed by atoms with van der Waals surface area (Å²) in [5, 5.41) is 7.38. The van der Waals surface area contributed by atoms with Crippen molar-refractivity contribution in [2.45, 2.75) is 18.9 Å². The standard InChI is InChI=1S/C19H28N4S/c1-4-14-13-23-10-9-15(14)11-18(23)12-20-19(24)21-16-5-7-17(8-6-16)22(2)3/h4-8,14-15,18H,1,9-13H2,2-3H3,(H2,20,21,24)/t14-,15+,18+/m0/s1. The highest BCUT2D eigenvalue weighted by atomic mass is 32.1. The molecule has 0 amide bonds. The van der Waals surface area contributed by atoms with E-state index in [2.05, 4.69) is 57.4 Å². The highest BCUT2D eigenvalue weighted by Gasteiger charge is 2.38. The summed E-state index contributed by atoms with van der Waals surface area (Å²) in [6.45, 7) is 7.28. The monoisotopic (exact) mass is 344 g/mol. The maximum absolute atomic E-state index is 5.45. The van der Waals surface area contributed by atoms with Gasteiger partial charge in [0, 0.05) is 44.6 Å². The number of hydrogen-bond acceptors (Lipinski definition) is 3. The second-order valence-corrected chi connectivity index (χ2v) is 7.52. The predicted octanol–water partition coefficient (Wildman–Crippen LogP) is 2.94. The summed E-state index contributed by atoms with van der Waals surface area (Å²) in [4.78, 5) is 4.68. The number of benzene rings is 1. The molecule has 0 spiro atoms. The molecule has 3 saturated heterocycles. The van der Waals surface area contributed by atoms with E-state index < -0.39 is 0 Å². The van der Waals surface area contributed by atoms with Gasteiger partial charge in [-0.05, 0) is 67.7 Å². The molecule has 0 saturated carbocycles. The van der Waals surface area contributed by atoms with Crippen molar-refractivity contribution >= 4 is 28.7 Å². The van der Waals surface area contributed by atoms with Crippen LogP contribution in [0.4, 0.5) is 11.4 Å². The molecular formula is C19H28N4S. The largest absolute Gasteiger partial charge is 0.378 e. The summed E-state index contributed by atoms with van der Waals surface area (Å²) in [7, 11) is 4.08.